The minimum Gasteiger partial charge on any atom is -0.278 e. The molecule has 0 aliphatic carbocycles. The van der Waals surface area contributed by atoms with Gasteiger partial charge in [-0.05, 0) is 53.6 Å². The SMILES string of the molecule is c1ccc(-c2nc(-c3ccccc3)nc(-n3c4ccccc4c4c5c(ccc43)sc3cc(-c4ccccc4-c4nc(-c6ccccc6)nc(-n6c7ccccc7c7ccc8sc9ccccc9c8c76)n4)ccc35)n2)cc1. The van der Waals surface area contributed by atoms with Gasteiger partial charge in [-0.3, -0.25) is 9.13 Å². The second-order valence-electron chi connectivity index (χ2n) is 19.0. The molecule has 0 amide bonds. The van der Waals surface area contributed by atoms with Crippen molar-refractivity contribution in [3.05, 3.63) is 231 Å². The molecule has 10 aromatic carbocycles. The van der Waals surface area contributed by atoms with Gasteiger partial charge in [-0.1, -0.05) is 188 Å². The lowest BCUT2D eigenvalue weighted by atomic mass is 9.97. The number of para-hydroxylation sites is 2. The smallest absolute Gasteiger partial charge is 0.238 e. The van der Waals surface area contributed by atoms with Crippen molar-refractivity contribution in [1.82, 2.24) is 39.0 Å². The Kier molecular flexibility index (Phi) is 9.51. The van der Waals surface area contributed by atoms with Gasteiger partial charge in [0.05, 0.1) is 22.1 Å². The average molecular weight is 1010 g/mol. The van der Waals surface area contributed by atoms with Gasteiger partial charge in [-0.25, -0.2) is 9.97 Å². The highest BCUT2D eigenvalue weighted by molar-refractivity contribution is 7.26. The summed E-state index contributed by atoms with van der Waals surface area (Å²) in [6.45, 7) is 0. The fourth-order valence-corrected chi connectivity index (χ4v) is 13.6. The lowest BCUT2D eigenvalue weighted by Crippen LogP contribution is -2.07. The quantitative estimate of drug-likeness (QED) is 0.158. The first-order chi connectivity index (χ1) is 37.7. The number of rotatable bonds is 7. The molecule has 76 heavy (non-hydrogen) atoms. The van der Waals surface area contributed by atoms with E-state index in [1.165, 1.54) is 45.7 Å². The molecule has 0 saturated carbocycles. The highest BCUT2D eigenvalue weighted by Crippen LogP contribution is 2.46. The van der Waals surface area contributed by atoms with E-state index in [0.717, 1.165) is 71.6 Å². The first kappa shape index (κ1) is 42.7. The van der Waals surface area contributed by atoms with Crippen LogP contribution in [0.2, 0.25) is 0 Å². The average Bonchev–Trinajstić information content (AvgIpc) is 4.40. The van der Waals surface area contributed by atoms with E-state index < -0.39 is 0 Å². The minimum absolute atomic E-state index is 0.569. The van der Waals surface area contributed by atoms with Crippen LogP contribution >= 0.6 is 22.7 Å². The van der Waals surface area contributed by atoms with Gasteiger partial charge >= 0.3 is 0 Å². The molecule has 0 N–H and O–H groups in total. The predicted molar refractivity (Wildman–Crippen MR) is 315 cm³/mol. The Morgan fingerprint density at radius 3 is 1.45 bits per heavy atom. The summed E-state index contributed by atoms with van der Waals surface area (Å²) in [4.78, 5) is 31.6. The molecule has 354 valence electrons. The Morgan fingerprint density at radius 1 is 0.263 bits per heavy atom. The van der Waals surface area contributed by atoms with Crippen LogP contribution in [0.3, 0.4) is 0 Å². The molecule has 0 fully saturated rings. The number of fused-ring (bicyclic) bond motifs is 14. The molecular formula is C66H38N8S2. The first-order valence-corrected chi connectivity index (χ1v) is 26.8. The van der Waals surface area contributed by atoms with Crippen LogP contribution in [0.5, 0.6) is 0 Å². The molecule has 16 rings (SSSR count). The van der Waals surface area contributed by atoms with Crippen molar-refractivity contribution in [2.45, 2.75) is 0 Å². The molecule has 0 radical (unpaired) electrons. The Labute approximate surface area is 442 Å². The molecule has 0 aliphatic rings. The van der Waals surface area contributed by atoms with E-state index in [1.807, 2.05) is 102 Å². The lowest BCUT2D eigenvalue weighted by molar-refractivity contribution is 0.953. The van der Waals surface area contributed by atoms with Crippen molar-refractivity contribution in [3.8, 4) is 68.6 Å². The highest BCUT2D eigenvalue weighted by Gasteiger charge is 2.24. The maximum atomic E-state index is 5.49. The Balaban J connectivity index is 0.884. The van der Waals surface area contributed by atoms with Crippen molar-refractivity contribution >= 4 is 107 Å². The number of nitrogens with zero attached hydrogens (tertiary/aromatic N) is 8. The second kappa shape index (κ2) is 16.9. The highest BCUT2D eigenvalue weighted by atomic mass is 32.1. The van der Waals surface area contributed by atoms with Gasteiger partial charge in [-0.15, -0.1) is 22.7 Å². The van der Waals surface area contributed by atoms with Crippen LogP contribution in [0.15, 0.2) is 231 Å². The number of benzene rings is 10. The minimum atomic E-state index is 0.569. The van der Waals surface area contributed by atoms with Gasteiger partial charge in [0.15, 0.2) is 23.3 Å². The molecule has 8 nitrogen and oxygen atoms in total. The van der Waals surface area contributed by atoms with Crippen molar-refractivity contribution in [2.75, 3.05) is 0 Å². The van der Waals surface area contributed by atoms with E-state index in [2.05, 4.69) is 161 Å². The number of aromatic nitrogens is 8. The summed E-state index contributed by atoms with van der Waals surface area (Å²) >= 11 is 3.63. The van der Waals surface area contributed by atoms with Gasteiger partial charge in [0.25, 0.3) is 0 Å². The van der Waals surface area contributed by atoms with Gasteiger partial charge < -0.3 is 0 Å². The van der Waals surface area contributed by atoms with Crippen molar-refractivity contribution in [3.63, 3.8) is 0 Å². The lowest BCUT2D eigenvalue weighted by Gasteiger charge is -2.14. The number of thiophene rings is 2. The largest absolute Gasteiger partial charge is 0.278 e. The zero-order valence-corrected chi connectivity index (χ0v) is 42.0. The molecule has 0 saturated heterocycles. The number of hydrogen-bond acceptors (Lipinski definition) is 8. The molecule has 6 aromatic heterocycles. The van der Waals surface area contributed by atoms with E-state index >= 15 is 0 Å². The summed E-state index contributed by atoms with van der Waals surface area (Å²) in [5.41, 5.74) is 9.99. The third-order valence-electron chi connectivity index (χ3n) is 14.7. The van der Waals surface area contributed by atoms with Gasteiger partial charge in [0, 0.05) is 84.1 Å². The zero-order chi connectivity index (χ0) is 49.8. The van der Waals surface area contributed by atoms with Crippen molar-refractivity contribution < 1.29 is 0 Å². The third kappa shape index (κ3) is 6.61. The molecule has 0 unspecified atom stereocenters. The summed E-state index contributed by atoms with van der Waals surface area (Å²) in [7, 11) is 0. The Morgan fingerprint density at radius 2 is 0.750 bits per heavy atom. The molecule has 0 atom stereocenters. The van der Waals surface area contributed by atoms with Crippen LogP contribution in [-0.4, -0.2) is 39.0 Å². The zero-order valence-electron chi connectivity index (χ0n) is 40.3. The van der Waals surface area contributed by atoms with E-state index in [0.29, 0.717) is 35.2 Å². The molecule has 0 aliphatic heterocycles. The van der Waals surface area contributed by atoms with E-state index in [-0.39, 0.29) is 0 Å². The molecule has 6 heterocycles. The third-order valence-corrected chi connectivity index (χ3v) is 16.9. The fraction of sp³-hybridized carbons (Fsp3) is 0. The normalized spacial score (nSPS) is 11.9. The predicted octanol–water partition coefficient (Wildman–Crippen LogP) is 17.3. The fourth-order valence-electron chi connectivity index (χ4n) is 11.3. The van der Waals surface area contributed by atoms with Gasteiger partial charge in [0.1, 0.15) is 0 Å². The van der Waals surface area contributed by atoms with Crippen LogP contribution < -0.4 is 0 Å². The van der Waals surface area contributed by atoms with Crippen LogP contribution in [-0.2, 0) is 0 Å². The topological polar surface area (TPSA) is 87.2 Å². The molecule has 10 heteroatoms. The summed E-state index contributed by atoms with van der Waals surface area (Å²) < 4.78 is 9.33. The molecule has 0 spiro atoms. The van der Waals surface area contributed by atoms with Crippen molar-refractivity contribution in [2.24, 2.45) is 0 Å². The van der Waals surface area contributed by atoms with E-state index in [9.17, 15) is 0 Å². The summed E-state index contributed by atoms with van der Waals surface area (Å²) in [6.07, 6.45) is 0. The molecule has 0 bridgehead atoms. The summed E-state index contributed by atoms with van der Waals surface area (Å²) in [6, 6.07) is 80.8. The Bertz CT molecular complexity index is 4940. The van der Waals surface area contributed by atoms with Crippen LogP contribution in [0.25, 0.3) is 153 Å². The van der Waals surface area contributed by atoms with Gasteiger partial charge in [0.2, 0.25) is 11.9 Å². The Hall–Kier alpha value is -9.74. The maximum absolute atomic E-state index is 5.49. The maximum Gasteiger partial charge on any atom is 0.238 e. The monoisotopic (exact) mass is 1010 g/mol. The molecular weight excluding hydrogens is 969 g/mol. The van der Waals surface area contributed by atoms with Crippen molar-refractivity contribution in [1.29, 1.82) is 0 Å². The van der Waals surface area contributed by atoms with E-state index in [1.54, 1.807) is 0 Å². The standard InChI is InChI=1S/C66H38N8S2/c1-4-18-39(19-5-1)61-67-62(40-20-6-2-7-21-40)70-65(69-61)73-51-30-16-13-27-47(51)57-52(73)35-37-54-58(57)49-33-32-42(38-56(49)76-54)43-24-10-11-26-46(43)64-68-63(41-22-8-3-9-23-41)71-66(72-64)74-50-29-15-12-25-44(50)45-34-36-55-59(60(45)74)48-28-14-17-31-53(48)75-55/h1-38H. The second-order valence-corrected chi connectivity index (χ2v) is 21.2. The number of hydrogen-bond donors (Lipinski definition) is 0. The van der Waals surface area contributed by atoms with Crippen LogP contribution in [0, 0.1) is 0 Å². The summed E-state index contributed by atoms with van der Waals surface area (Å²) in [5.74, 6) is 3.59. The van der Waals surface area contributed by atoms with Crippen LogP contribution in [0.4, 0.5) is 0 Å². The van der Waals surface area contributed by atoms with Gasteiger partial charge in [-0.2, -0.15) is 19.9 Å². The summed E-state index contributed by atoms with van der Waals surface area (Å²) in [5, 5.41) is 9.44. The van der Waals surface area contributed by atoms with E-state index in [4.69, 9.17) is 29.9 Å². The first-order valence-electron chi connectivity index (χ1n) is 25.2. The van der Waals surface area contributed by atoms with Crippen LogP contribution in [0.1, 0.15) is 0 Å². The molecule has 16 aromatic rings.